The number of hydrogen-bond donors (Lipinski definition) is 1. The fourth-order valence-electron chi connectivity index (χ4n) is 3.34. The highest BCUT2D eigenvalue weighted by Gasteiger charge is 2.31. The summed E-state index contributed by atoms with van der Waals surface area (Å²) in [4.78, 5) is 16.9. The molecule has 1 aromatic rings. The maximum absolute atomic E-state index is 13.7. The lowest BCUT2D eigenvalue weighted by Gasteiger charge is -2.34. The van der Waals surface area contributed by atoms with E-state index >= 15 is 0 Å². The van der Waals surface area contributed by atoms with Crippen molar-refractivity contribution in [2.24, 2.45) is 5.92 Å². The molecule has 1 saturated carbocycles. The van der Waals surface area contributed by atoms with E-state index in [0.717, 1.165) is 24.6 Å². The highest BCUT2D eigenvalue weighted by molar-refractivity contribution is 7.99. The highest BCUT2D eigenvalue weighted by atomic mass is 32.2. The maximum atomic E-state index is 13.7. The van der Waals surface area contributed by atoms with Crippen molar-refractivity contribution in [1.82, 2.24) is 9.88 Å². The van der Waals surface area contributed by atoms with Crippen LogP contribution in [0.25, 0.3) is 0 Å². The summed E-state index contributed by atoms with van der Waals surface area (Å²) < 4.78 is 53.7. The van der Waals surface area contributed by atoms with Crippen LogP contribution in [0.3, 0.4) is 0 Å². The Labute approximate surface area is 147 Å². The van der Waals surface area contributed by atoms with Gasteiger partial charge in [-0.05, 0) is 25.7 Å². The van der Waals surface area contributed by atoms with Crippen molar-refractivity contribution in [3.8, 4) is 0 Å². The van der Waals surface area contributed by atoms with Gasteiger partial charge in [-0.2, -0.15) is 34.3 Å². The summed E-state index contributed by atoms with van der Waals surface area (Å²) in [6.45, 7) is 1.52. The van der Waals surface area contributed by atoms with Gasteiger partial charge in [0.1, 0.15) is 5.69 Å². The summed E-state index contributed by atoms with van der Waals surface area (Å²) in [5, 5.41) is 2.54. The van der Waals surface area contributed by atoms with E-state index in [-0.39, 0.29) is 17.9 Å². The Kier molecular flexibility index (Phi) is 5.71. The molecule has 1 N–H and O–H groups in total. The molecule has 1 aliphatic carbocycles. The lowest BCUT2D eigenvalue weighted by molar-refractivity contribution is -0.136. The Morgan fingerprint density at radius 1 is 1.00 bits per heavy atom. The molecule has 9 heteroatoms. The Morgan fingerprint density at radius 2 is 1.56 bits per heavy atom. The van der Waals surface area contributed by atoms with Gasteiger partial charge in [0, 0.05) is 36.6 Å². The molecule has 0 aromatic carbocycles. The molecular formula is C16H19F4N3OS. The van der Waals surface area contributed by atoms with E-state index in [1.807, 2.05) is 16.7 Å². The molecule has 138 valence electrons. The van der Waals surface area contributed by atoms with Crippen molar-refractivity contribution in [3.63, 3.8) is 0 Å². The lowest BCUT2D eigenvalue weighted by Crippen LogP contribution is -2.43. The Bertz CT molecular complexity index is 621. The van der Waals surface area contributed by atoms with Gasteiger partial charge in [-0.3, -0.25) is 4.79 Å². The van der Waals surface area contributed by atoms with Gasteiger partial charge >= 0.3 is 0 Å². The number of nitrogens with zero attached hydrogens (tertiary/aromatic N) is 2. The van der Waals surface area contributed by atoms with E-state index in [0.29, 0.717) is 25.7 Å². The van der Waals surface area contributed by atoms with Crippen molar-refractivity contribution in [2.75, 3.05) is 29.9 Å². The van der Waals surface area contributed by atoms with E-state index in [9.17, 15) is 22.4 Å². The zero-order valence-corrected chi connectivity index (χ0v) is 14.4. The molecule has 1 aliphatic heterocycles. The molecular weight excluding hydrogens is 358 g/mol. The third kappa shape index (κ3) is 4.02. The summed E-state index contributed by atoms with van der Waals surface area (Å²) in [7, 11) is 0. The number of hydrogen-bond acceptors (Lipinski definition) is 4. The van der Waals surface area contributed by atoms with Gasteiger partial charge in [-0.1, -0.05) is 0 Å². The molecule has 4 nitrogen and oxygen atoms in total. The van der Waals surface area contributed by atoms with Crippen LogP contribution in [0.15, 0.2) is 0 Å². The number of rotatable bonds is 3. The quantitative estimate of drug-likeness (QED) is 0.649. The fraction of sp³-hybridized carbons (Fsp3) is 0.625. The Hall–Kier alpha value is -1.51. The first-order valence-electron chi connectivity index (χ1n) is 8.30. The van der Waals surface area contributed by atoms with E-state index in [4.69, 9.17) is 0 Å². The maximum Gasteiger partial charge on any atom is 0.253 e. The normalized spacial score (nSPS) is 24.2. The van der Waals surface area contributed by atoms with Gasteiger partial charge in [0.2, 0.25) is 17.5 Å². The van der Waals surface area contributed by atoms with Crippen LogP contribution in [-0.4, -0.2) is 46.4 Å². The Morgan fingerprint density at radius 3 is 2.12 bits per heavy atom. The second-order valence-corrected chi connectivity index (χ2v) is 7.55. The largest absolute Gasteiger partial charge is 0.377 e. The summed E-state index contributed by atoms with van der Waals surface area (Å²) in [5.74, 6) is -4.47. The first-order chi connectivity index (χ1) is 12.0. The lowest BCUT2D eigenvalue weighted by atomic mass is 9.85. The standard InChI is InChI=1S/C16H19F4N3OS/c17-11-13(12(18)15(20)22-14(11)19)21-10-3-1-9(2-4-10)16(24)23-5-7-25-8-6-23/h9-10H,1-8H2,(H,21,22). The number of carbonyl (C=O) groups is 1. The minimum absolute atomic E-state index is 0.0956. The molecule has 0 atom stereocenters. The molecule has 1 saturated heterocycles. The SMILES string of the molecule is O=C(C1CCC(Nc2c(F)c(F)nc(F)c2F)CC1)N1CCSCC1. The molecule has 2 aliphatic rings. The average molecular weight is 377 g/mol. The van der Waals surface area contributed by atoms with Crippen LogP contribution in [0.5, 0.6) is 0 Å². The van der Waals surface area contributed by atoms with Crippen LogP contribution in [0.2, 0.25) is 0 Å². The van der Waals surface area contributed by atoms with Crippen molar-refractivity contribution < 1.29 is 22.4 Å². The van der Waals surface area contributed by atoms with E-state index in [1.54, 1.807) is 0 Å². The first kappa shape index (κ1) is 18.3. The third-order valence-electron chi connectivity index (χ3n) is 4.75. The zero-order chi connectivity index (χ0) is 18.0. The Balaban J connectivity index is 1.59. The number of nitrogens with one attached hydrogen (secondary N) is 1. The summed E-state index contributed by atoms with van der Waals surface area (Å²) in [6.07, 6.45) is 2.17. The molecule has 2 fully saturated rings. The molecule has 0 radical (unpaired) electrons. The van der Waals surface area contributed by atoms with E-state index < -0.39 is 29.2 Å². The van der Waals surface area contributed by atoms with Gasteiger partial charge in [0.25, 0.3) is 11.9 Å². The number of carbonyl (C=O) groups excluding carboxylic acids is 1. The van der Waals surface area contributed by atoms with Crippen molar-refractivity contribution in [1.29, 1.82) is 0 Å². The van der Waals surface area contributed by atoms with E-state index in [1.165, 1.54) is 0 Å². The second-order valence-electron chi connectivity index (χ2n) is 6.33. The van der Waals surface area contributed by atoms with Crippen molar-refractivity contribution in [3.05, 3.63) is 23.5 Å². The first-order valence-corrected chi connectivity index (χ1v) is 9.46. The number of thioether (sulfide) groups is 1. The van der Waals surface area contributed by atoms with Gasteiger partial charge in [0.05, 0.1) is 0 Å². The number of anilines is 1. The fourth-order valence-corrected chi connectivity index (χ4v) is 4.25. The smallest absolute Gasteiger partial charge is 0.253 e. The summed E-state index contributed by atoms with van der Waals surface area (Å²) >= 11 is 1.83. The van der Waals surface area contributed by atoms with Gasteiger partial charge in [-0.25, -0.2) is 0 Å². The minimum atomic E-state index is -1.67. The van der Waals surface area contributed by atoms with Crippen LogP contribution < -0.4 is 5.32 Å². The topological polar surface area (TPSA) is 45.2 Å². The number of halogens is 4. The second kappa shape index (κ2) is 7.80. The molecule has 3 rings (SSSR count). The number of pyridine rings is 1. The molecule has 25 heavy (non-hydrogen) atoms. The van der Waals surface area contributed by atoms with Crippen LogP contribution in [-0.2, 0) is 4.79 Å². The molecule has 0 spiro atoms. The molecule has 1 aromatic heterocycles. The summed E-state index contributed by atoms with van der Waals surface area (Å²) in [6, 6.07) is -0.342. The van der Waals surface area contributed by atoms with Gasteiger partial charge in [0.15, 0.2) is 0 Å². The van der Waals surface area contributed by atoms with E-state index in [2.05, 4.69) is 10.3 Å². The molecule has 2 heterocycles. The van der Waals surface area contributed by atoms with Gasteiger partial charge < -0.3 is 10.2 Å². The number of amides is 1. The van der Waals surface area contributed by atoms with Gasteiger partial charge in [-0.15, -0.1) is 0 Å². The van der Waals surface area contributed by atoms with Crippen LogP contribution in [0.4, 0.5) is 23.2 Å². The monoisotopic (exact) mass is 377 g/mol. The average Bonchev–Trinajstić information content (AvgIpc) is 2.64. The highest BCUT2D eigenvalue weighted by Crippen LogP contribution is 2.31. The molecule has 0 bridgehead atoms. The van der Waals surface area contributed by atoms with Crippen molar-refractivity contribution in [2.45, 2.75) is 31.7 Å². The molecule has 0 unspecified atom stereocenters. The van der Waals surface area contributed by atoms with Crippen LogP contribution >= 0.6 is 11.8 Å². The predicted octanol–water partition coefficient (Wildman–Crippen LogP) is 3.18. The van der Waals surface area contributed by atoms with Crippen molar-refractivity contribution >= 4 is 23.4 Å². The van der Waals surface area contributed by atoms with Crippen LogP contribution in [0, 0.1) is 29.4 Å². The minimum Gasteiger partial charge on any atom is -0.377 e. The number of aromatic nitrogens is 1. The summed E-state index contributed by atoms with van der Waals surface area (Å²) in [5.41, 5.74) is -0.826. The third-order valence-corrected chi connectivity index (χ3v) is 5.69. The zero-order valence-electron chi connectivity index (χ0n) is 13.5. The molecule has 1 amide bonds. The predicted molar refractivity (Wildman–Crippen MR) is 87.3 cm³/mol. The van der Waals surface area contributed by atoms with Crippen LogP contribution in [0.1, 0.15) is 25.7 Å².